The molecular formula is C22H27ClN6O3. The lowest BCUT2D eigenvalue weighted by Gasteiger charge is -2.38. The molecule has 2 aromatic rings. The first-order chi connectivity index (χ1) is 15.4. The van der Waals surface area contributed by atoms with Crippen LogP contribution in [0.4, 0.5) is 22.1 Å². The minimum absolute atomic E-state index is 0.208. The molecule has 0 saturated heterocycles. The van der Waals surface area contributed by atoms with Gasteiger partial charge in [-0.15, -0.1) is 0 Å². The van der Waals surface area contributed by atoms with Crippen LogP contribution in [0.15, 0.2) is 24.3 Å². The maximum Gasteiger partial charge on any atom is 0.407 e. The largest absolute Gasteiger partial charge is 0.453 e. The third-order valence-electron chi connectivity index (χ3n) is 5.97. The highest BCUT2D eigenvalue weighted by molar-refractivity contribution is 6.34. The van der Waals surface area contributed by atoms with Gasteiger partial charge in [0.2, 0.25) is 0 Å². The monoisotopic (exact) mass is 458 g/mol. The van der Waals surface area contributed by atoms with Gasteiger partial charge in [0.15, 0.2) is 5.82 Å². The van der Waals surface area contributed by atoms with Crippen molar-refractivity contribution in [3.63, 3.8) is 0 Å². The average molecular weight is 459 g/mol. The molecule has 1 aromatic carbocycles. The lowest BCUT2D eigenvalue weighted by molar-refractivity contribution is 0.0966. The van der Waals surface area contributed by atoms with Gasteiger partial charge in [0, 0.05) is 17.8 Å². The van der Waals surface area contributed by atoms with Crippen molar-refractivity contribution >= 4 is 40.9 Å². The predicted molar refractivity (Wildman–Crippen MR) is 123 cm³/mol. The second-order valence-electron chi connectivity index (χ2n) is 8.13. The number of rotatable bonds is 5. The molecule has 1 saturated carbocycles. The number of fused-ring (bicyclic) bond motifs is 1. The van der Waals surface area contributed by atoms with Gasteiger partial charge in [0.1, 0.15) is 5.82 Å². The van der Waals surface area contributed by atoms with Crippen LogP contribution in [0.25, 0.3) is 0 Å². The van der Waals surface area contributed by atoms with Crippen LogP contribution in [-0.2, 0) is 11.3 Å². The number of nitrogens with zero attached hydrogens (tertiary/aromatic N) is 2. The summed E-state index contributed by atoms with van der Waals surface area (Å²) in [7, 11) is 1.33. The molecule has 2 atom stereocenters. The van der Waals surface area contributed by atoms with Crippen molar-refractivity contribution in [1.29, 1.82) is 0 Å². The molecule has 5 N–H and O–H groups in total. The molecule has 1 aliphatic carbocycles. The van der Waals surface area contributed by atoms with Gasteiger partial charge in [-0.1, -0.05) is 36.6 Å². The minimum Gasteiger partial charge on any atom is -0.453 e. The number of aromatic nitrogens is 1. The summed E-state index contributed by atoms with van der Waals surface area (Å²) in [5.74, 6) is 7.07. The maximum atomic E-state index is 12.5. The van der Waals surface area contributed by atoms with Crippen molar-refractivity contribution < 1.29 is 14.3 Å². The predicted octanol–water partition coefficient (Wildman–Crippen LogP) is 3.38. The highest BCUT2D eigenvalue weighted by Crippen LogP contribution is 2.38. The Bertz CT molecular complexity index is 1050. The van der Waals surface area contributed by atoms with Crippen LogP contribution >= 0.6 is 11.6 Å². The summed E-state index contributed by atoms with van der Waals surface area (Å²) in [4.78, 5) is 29.0. The Labute approximate surface area is 191 Å². The molecule has 4 rings (SSSR count). The SMILES string of the molecule is COC(=O)N[C@H]1CCCC[C@H]1N(N)c1nc(Nc2cccc(C)c2)c2c(c1Cl)CNC2=O. The smallest absolute Gasteiger partial charge is 0.407 e. The molecule has 1 fully saturated rings. The van der Waals surface area contributed by atoms with E-state index < -0.39 is 6.09 Å². The van der Waals surface area contributed by atoms with E-state index in [9.17, 15) is 9.59 Å². The molecule has 2 aliphatic rings. The molecule has 0 unspecified atom stereocenters. The zero-order valence-electron chi connectivity index (χ0n) is 18.1. The first kappa shape index (κ1) is 22.2. The topological polar surface area (TPSA) is 122 Å². The van der Waals surface area contributed by atoms with Crippen molar-refractivity contribution in [3.8, 4) is 0 Å². The number of aryl methyl sites for hydroxylation is 1. The fraction of sp³-hybridized carbons (Fsp3) is 0.409. The van der Waals surface area contributed by atoms with Crippen molar-refractivity contribution in [2.45, 2.75) is 51.2 Å². The summed E-state index contributed by atoms with van der Waals surface area (Å²) in [5, 5.41) is 10.8. The number of carbonyl (C=O) groups excluding carboxylic acids is 2. The van der Waals surface area contributed by atoms with Gasteiger partial charge in [-0.05, 0) is 37.5 Å². The second-order valence-corrected chi connectivity index (χ2v) is 8.51. The zero-order valence-corrected chi connectivity index (χ0v) is 18.8. The van der Waals surface area contributed by atoms with Gasteiger partial charge in [0.05, 0.1) is 29.8 Å². The molecule has 9 nitrogen and oxygen atoms in total. The number of alkyl carbamates (subject to hydrolysis) is 1. The Morgan fingerprint density at radius 2 is 2.12 bits per heavy atom. The quantitative estimate of drug-likeness (QED) is 0.400. The molecule has 2 amide bonds. The third-order valence-corrected chi connectivity index (χ3v) is 6.37. The highest BCUT2D eigenvalue weighted by atomic mass is 35.5. The van der Waals surface area contributed by atoms with Crippen molar-refractivity contribution in [2.75, 3.05) is 17.4 Å². The van der Waals surface area contributed by atoms with Gasteiger partial charge in [-0.25, -0.2) is 15.6 Å². The van der Waals surface area contributed by atoms with E-state index in [0.717, 1.165) is 36.9 Å². The van der Waals surface area contributed by atoms with Crippen LogP contribution in [0, 0.1) is 6.92 Å². The Morgan fingerprint density at radius 3 is 2.88 bits per heavy atom. The van der Waals surface area contributed by atoms with Gasteiger partial charge in [0.25, 0.3) is 5.91 Å². The summed E-state index contributed by atoms with van der Waals surface area (Å²) < 4.78 is 4.77. The van der Waals surface area contributed by atoms with E-state index in [4.69, 9.17) is 22.2 Å². The maximum absolute atomic E-state index is 12.5. The first-order valence-corrected chi connectivity index (χ1v) is 11.0. The normalized spacial score (nSPS) is 19.7. The fourth-order valence-electron chi connectivity index (χ4n) is 4.37. The molecule has 1 aliphatic heterocycles. The van der Waals surface area contributed by atoms with Crippen LogP contribution in [0.1, 0.15) is 47.2 Å². The number of nitrogens with two attached hydrogens (primary N) is 1. The molecule has 1 aromatic heterocycles. The average Bonchev–Trinajstić information content (AvgIpc) is 3.18. The van der Waals surface area contributed by atoms with E-state index in [0.29, 0.717) is 34.3 Å². The Morgan fingerprint density at radius 1 is 1.34 bits per heavy atom. The Hall–Kier alpha value is -3.04. The number of hydrogen-bond acceptors (Lipinski definition) is 7. The van der Waals surface area contributed by atoms with E-state index in [2.05, 4.69) is 20.9 Å². The fourth-order valence-corrected chi connectivity index (χ4v) is 4.67. The molecular weight excluding hydrogens is 432 g/mol. The summed E-state index contributed by atoms with van der Waals surface area (Å²) in [6.07, 6.45) is 2.97. The number of benzene rings is 1. The number of halogens is 1. The number of ether oxygens (including phenoxy) is 1. The number of carbonyl (C=O) groups is 2. The minimum atomic E-state index is -0.500. The summed E-state index contributed by atoms with van der Waals surface area (Å²) in [5.41, 5.74) is 2.95. The molecule has 0 spiro atoms. The van der Waals surface area contributed by atoms with E-state index in [1.54, 1.807) is 0 Å². The van der Waals surface area contributed by atoms with Gasteiger partial charge in [-0.3, -0.25) is 9.80 Å². The number of anilines is 3. The van der Waals surface area contributed by atoms with Crippen molar-refractivity contribution in [1.82, 2.24) is 15.6 Å². The number of pyridine rings is 1. The number of methoxy groups -OCH3 is 1. The van der Waals surface area contributed by atoms with Gasteiger partial charge >= 0.3 is 6.09 Å². The number of nitrogens with one attached hydrogen (secondary N) is 3. The lowest BCUT2D eigenvalue weighted by Crippen LogP contribution is -2.56. The molecule has 0 radical (unpaired) electrons. The van der Waals surface area contributed by atoms with Crippen molar-refractivity contribution in [2.24, 2.45) is 5.84 Å². The summed E-state index contributed by atoms with van der Waals surface area (Å²) in [6.45, 7) is 2.29. The standard InChI is InChI=1S/C22H27ClN6O3/c1-12-6-5-7-13(10-12)26-19-17-14(11-25-21(17)30)18(23)20(28-19)29(24)16-9-4-3-8-15(16)27-22(31)32-2/h5-7,10,15-16H,3-4,8-9,11,24H2,1-2H3,(H,25,30)(H,26,28)(H,27,31)/t15-,16+/m0/s1. The first-order valence-electron chi connectivity index (χ1n) is 10.6. The Kier molecular flexibility index (Phi) is 6.38. The summed E-state index contributed by atoms with van der Waals surface area (Å²) in [6, 6.07) is 7.35. The Balaban J connectivity index is 1.72. The number of hydrazine groups is 1. The molecule has 10 heteroatoms. The van der Waals surface area contributed by atoms with Crippen molar-refractivity contribution in [3.05, 3.63) is 46.0 Å². The van der Waals surface area contributed by atoms with E-state index in [1.807, 2.05) is 31.2 Å². The zero-order chi connectivity index (χ0) is 22.8. The van der Waals surface area contributed by atoms with Gasteiger partial charge in [-0.2, -0.15) is 0 Å². The molecule has 0 bridgehead atoms. The van der Waals surface area contributed by atoms with E-state index in [-0.39, 0.29) is 18.0 Å². The second kappa shape index (κ2) is 9.22. The molecule has 32 heavy (non-hydrogen) atoms. The number of amides is 2. The number of hydrogen-bond donors (Lipinski definition) is 4. The van der Waals surface area contributed by atoms with Gasteiger partial charge < -0.3 is 20.7 Å². The third kappa shape index (κ3) is 4.31. The molecule has 2 heterocycles. The van der Waals surface area contributed by atoms with Crippen LogP contribution in [-0.4, -0.2) is 36.2 Å². The lowest BCUT2D eigenvalue weighted by atomic mass is 9.90. The molecule has 170 valence electrons. The summed E-state index contributed by atoms with van der Waals surface area (Å²) >= 11 is 6.70. The highest BCUT2D eigenvalue weighted by Gasteiger charge is 2.35. The van der Waals surface area contributed by atoms with Crippen LogP contribution in [0.3, 0.4) is 0 Å². The van der Waals surface area contributed by atoms with Crippen LogP contribution in [0.5, 0.6) is 0 Å². The van der Waals surface area contributed by atoms with Crippen LogP contribution in [0.2, 0.25) is 5.02 Å². The van der Waals surface area contributed by atoms with Crippen LogP contribution < -0.4 is 26.8 Å². The van der Waals surface area contributed by atoms with E-state index in [1.165, 1.54) is 12.1 Å². The van der Waals surface area contributed by atoms with E-state index >= 15 is 0 Å².